The quantitative estimate of drug-likeness (QED) is 0.400. The van der Waals surface area contributed by atoms with Gasteiger partial charge in [0.25, 0.3) is 0 Å². The van der Waals surface area contributed by atoms with Gasteiger partial charge in [-0.15, -0.1) is 0 Å². The molecular weight excluding hydrogens is 312 g/mol. The van der Waals surface area contributed by atoms with Crippen LogP contribution < -0.4 is 5.73 Å². The van der Waals surface area contributed by atoms with Crippen LogP contribution in [0.15, 0.2) is 65.1 Å². The van der Waals surface area contributed by atoms with Gasteiger partial charge in [0, 0.05) is 17.5 Å². The Bertz CT molecular complexity index is 893. The topological polar surface area (TPSA) is 80.1 Å². The number of furan rings is 1. The van der Waals surface area contributed by atoms with Crippen LogP contribution in [-0.4, -0.2) is 11.6 Å². The van der Waals surface area contributed by atoms with E-state index < -0.39 is 0 Å². The molecule has 1 heterocycles. The van der Waals surface area contributed by atoms with Crippen LogP contribution in [0.4, 0.5) is 0 Å². The first-order valence-electron chi connectivity index (χ1n) is 8.17. The highest BCUT2D eigenvalue weighted by Gasteiger charge is 2.15. The molecule has 1 aromatic heterocycles. The van der Waals surface area contributed by atoms with E-state index in [4.69, 9.17) is 15.6 Å². The molecule has 25 heavy (non-hydrogen) atoms. The molecule has 3 rings (SSSR count). The summed E-state index contributed by atoms with van der Waals surface area (Å²) in [6, 6.07) is 19.0. The first kappa shape index (κ1) is 16.7. The molecule has 0 saturated carbocycles. The predicted octanol–water partition coefficient (Wildman–Crippen LogP) is 4.35. The lowest BCUT2D eigenvalue weighted by Gasteiger charge is -2.03. The van der Waals surface area contributed by atoms with Gasteiger partial charge in [0.2, 0.25) is 0 Å². The maximum Gasteiger partial charge on any atom is 0.166 e. The Morgan fingerprint density at radius 3 is 2.40 bits per heavy atom. The molecule has 2 aromatic carbocycles. The maximum absolute atomic E-state index is 12.5. The van der Waals surface area contributed by atoms with Crippen LogP contribution in [0, 0.1) is 12.3 Å². The normalized spacial score (nSPS) is 10.6. The van der Waals surface area contributed by atoms with E-state index in [1.807, 2.05) is 55.5 Å². The summed E-state index contributed by atoms with van der Waals surface area (Å²) in [5, 5.41) is 7.40. The summed E-state index contributed by atoms with van der Waals surface area (Å²) < 4.78 is 5.76. The van der Waals surface area contributed by atoms with Crippen LogP contribution in [0.1, 0.15) is 33.7 Å². The Morgan fingerprint density at radius 2 is 1.76 bits per heavy atom. The average Bonchev–Trinajstić information content (AvgIpc) is 3.02. The van der Waals surface area contributed by atoms with Crippen LogP contribution in [0.5, 0.6) is 0 Å². The van der Waals surface area contributed by atoms with Crippen molar-refractivity contribution in [3.05, 3.63) is 83.1 Å². The largest absolute Gasteiger partial charge is 0.461 e. The van der Waals surface area contributed by atoms with Gasteiger partial charge in [-0.3, -0.25) is 10.2 Å². The smallest absolute Gasteiger partial charge is 0.166 e. The first-order valence-corrected chi connectivity index (χ1v) is 8.17. The standard InChI is InChI=1S/C21H20N2O2/c1-14-18(13-20(25-14)16-5-3-2-4-6-16)19(24)12-9-15-7-10-17(11-8-15)21(22)23/h2-8,10-11,13H,9,12H2,1H3,(H3,22,23). The minimum Gasteiger partial charge on any atom is -0.461 e. The summed E-state index contributed by atoms with van der Waals surface area (Å²) in [6.45, 7) is 1.82. The Balaban J connectivity index is 1.69. The Kier molecular flexibility index (Phi) is 4.80. The molecule has 0 aliphatic rings. The number of rotatable bonds is 6. The van der Waals surface area contributed by atoms with Crippen molar-refractivity contribution in [2.45, 2.75) is 19.8 Å². The van der Waals surface area contributed by atoms with E-state index in [2.05, 4.69) is 0 Å². The third-order valence-corrected chi connectivity index (χ3v) is 4.18. The number of hydrogen-bond donors (Lipinski definition) is 2. The molecule has 0 aliphatic heterocycles. The minimum absolute atomic E-state index is 0.0464. The number of nitrogens with two attached hydrogens (primary N) is 1. The molecular formula is C21H20N2O2. The van der Waals surface area contributed by atoms with Gasteiger partial charge >= 0.3 is 0 Å². The van der Waals surface area contributed by atoms with Crippen molar-refractivity contribution in [2.75, 3.05) is 0 Å². The molecule has 126 valence electrons. The summed E-state index contributed by atoms with van der Waals surface area (Å²) >= 11 is 0. The van der Waals surface area contributed by atoms with Gasteiger partial charge in [0.05, 0.1) is 5.56 Å². The number of amidine groups is 1. The van der Waals surface area contributed by atoms with Gasteiger partial charge in [0.1, 0.15) is 17.4 Å². The van der Waals surface area contributed by atoms with Crippen molar-refractivity contribution in [1.29, 1.82) is 5.41 Å². The molecule has 0 amide bonds. The lowest BCUT2D eigenvalue weighted by Crippen LogP contribution is -2.10. The van der Waals surface area contributed by atoms with Crippen LogP contribution in [-0.2, 0) is 6.42 Å². The fourth-order valence-corrected chi connectivity index (χ4v) is 2.75. The Labute approximate surface area is 146 Å². The van der Waals surface area contributed by atoms with Crippen LogP contribution in [0.2, 0.25) is 0 Å². The van der Waals surface area contributed by atoms with Gasteiger partial charge in [-0.25, -0.2) is 0 Å². The van der Waals surface area contributed by atoms with E-state index in [0.29, 0.717) is 35.5 Å². The molecule has 0 bridgehead atoms. The fourth-order valence-electron chi connectivity index (χ4n) is 2.75. The minimum atomic E-state index is 0.0464. The summed E-state index contributed by atoms with van der Waals surface area (Å²) in [5.74, 6) is 1.48. The van der Waals surface area contributed by atoms with Crippen molar-refractivity contribution in [3.63, 3.8) is 0 Å². The van der Waals surface area contributed by atoms with Gasteiger partial charge in [0.15, 0.2) is 5.78 Å². The maximum atomic E-state index is 12.5. The molecule has 3 aromatic rings. The van der Waals surface area contributed by atoms with Crippen LogP contribution in [0.25, 0.3) is 11.3 Å². The predicted molar refractivity (Wildman–Crippen MR) is 99.0 cm³/mol. The molecule has 0 aliphatic carbocycles. The van der Waals surface area contributed by atoms with E-state index in [0.717, 1.165) is 11.1 Å². The first-order chi connectivity index (χ1) is 12.0. The summed E-state index contributed by atoms with van der Waals surface area (Å²) in [5.41, 5.74) is 8.78. The zero-order valence-corrected chi connectivity index (χ0v) is 14.1. The second-order valence-electron chi connectivity index (χ2n) is 5.98. The second-order valence-corrected chi connectivity index (χ2v) is 5.98. The highest BCUT2D eigenvalue weighted by atomic mass is 16.3. The molecule has 0 spiro atoms. The van der Waals surface area contributed by atoms with E-state index in [1.165, 1.54) is 0 Å². The molecule has 0 fully saturated rings. The fraction of sp³-hybridized carbons (Fsp3) is 0.143. The van der Waals surface area contributed by atoms with E-state index >= 15 is 0 Å². The van der Waals surface area contributed by atoms with Gasteiger partial charge in [-0.1, -0.05) is 54.6 Å². The molecule has 4 nitrogen and oxygen atoms in total. The van der Waals surface area contributed by atoms with E-state index in [-0.39, 0.29) is 11.6 Å². The number of aryl methyl sites for hydroxylation is 2. The van der Waals surface area contributed by atoms with Crippen molar-refractivity contribution < 1.29 is 9.21 Å². The number of hydrogen-bond acceptors (Lipinski definition) is 3. The summed E-state index contributed by atoms with van der Waals surface area (Å²) in [6.07, 6.45) is 1.05. The van der Waals surface area contributed by atoms with E-state index in [1.54, 1.807) is 12.1 Å². The third-order valence-electron chi connectivity index (χ3n) is 4.18. The third kappa shape index (κ3) is 3.86. The zero-order valence-electron chi connectivity index (χ0n) is 14.1. The monoisotopic (exact) mass is 332 g/mol. The Morgan fingerprint density at radius 1 is 1.08 bits per heavy atom. The number of Topliss-reactive ketones (excluding diaryl/α,β-unsaturated/α-hetero) is 1. The molecule has 0 saturated heterocycles. The number of nitrogens with one attached hydrogen (secondary N) is 1. The number of ketones is 1. The molecule has 4 heteroatoms. The van der Waals surface area contributed by atoms with Gasteiger partial charge < -0.3 is 10.2 Å². The highest BCUT2D eigenvalue weighted by Crippen LogP contribution is 2.26. The highest BCUT2D eigenvalue weighted by molar-refractivity contribution is 5.98. The zero-order chi connectivity index (χ0) is 17.8. The number of carbonyl (C=O) groups is 1. The number of nitrogen functional groups attached to an aromatic ring is 1. The molecule has 0 unspecified atom stereocenters. The molecule has 0 atom stereocenters. The number of benzene rings is 2. The van der Waals surface area contributed by atoms with Gasteiger partial charge in [-0.2, -0.15) is 0 Å². The summed E-state index contributed by atoms with van der Waals surface area (Å²) in [7, 11) is 0. The van der Waals surface area contributed by atoms with Crippen molar-refractivity contribution in [3.8, 4) is 11.3 Å². The molecule has 3 N–H and O–H groups in total. The van der Waals surface area contributed by atoms with E-state index in [9.17, 15) is 4.79 Å². The van der Waals surface area contributed by atoms with Gasteiger partial charge in [-0.05, 0) is 25.0 Å². The van der Waals surface area contributed by atoms with Crippen LogP contribution in [0.3, 0.4) is 0 Å². The average molecular weight is 332 g/mol. The van der Waals surface area contributed by atoms with Crippen molar-refractivity contribution in [2.24, 2.45) is 5.73 Å². The Hall–Kier alpha value is -3.14. The number of carbonyl (C=O) groups excluding carboxylic acids is 1. The van der Waals surface area contributed by atoms with Crippen LogP contribution >= 0.6 is 0 Å². The van der Waals surface area contributed by atoms with Crippen molar-refractivity contribution >= 4 is 11.6 Å². The SMILES string of the molecule is Cc1oc(-c2ccccc2)cc1C(=O)CCc1ccc(C(=N)N)cc1. The lowest BCUT2D eigenvalue weighted by atomic mass is 10.0. The lowest BCUT2D eigenvalue weighted by molar-refractivity contribution is 0.0981. The van der Waals surface area contributed by atoms with Crippen molar-refractivity contribution in [1.82, 2.24) is 0 Å². The second kappa shape index (κ2) is 7.18. The molecule has 0 radical (unpaired) electrons. The summed E-state index contributed by atoms with van der Waals surface area (Å²) in [4.78, 5) is 12.5.